The molecule has 0 amide bonds. The fourth-order valence-electron chi connectivity index (χ4n) is 1.63. The van der Waals surface area contributed by atoms with E-state index in [-0.39, 0.29) is 19.0 Å². The molecule has 0 saturated carbocycles. The minimum absolute atomic E-state index is 0.0197. The normalized spacial score (nSPS) is 12.2. The number of methoxy groups -OCH3 is 1. The van der Waals surface area contributed by atoms with Crippen molar-refractivity contribution >= 4 is 5.78 Å². The molecule has 0 spiro atoms. The average Bonchev–Trinajstić information content (AvgIpc) is 2.42. The van der Waals surface area contributed by atoms with E-state index in [1.54, 1.807) is 25.3 Å². The molecule has 0 saturated heterocycles. The van der Waals surface area contributed by atoms with Crippen molar-refractivity contribution in [3.05, 3.63) is 29.3 Å². The van der Waals surface area contributed by atoms with E-state index in [0.29, 0.717) is 24.5 Å². The zero-order valence-electron chi connectivity index (χ0n) is 12.2. The molecule has 0 heterocycles. The second-order valence-electron chi connectivity index (χ2n) is 4.57. The Kier molecular flexibility index (Phi) is 7.22. The quantitative estimate of drug-likeness (QED) is 0.550. The number of aryl methyl sites for hydroxylation is 1. The standard InChI is InChI=1S/C15H22O5/c1-11-8-13(12(2)16)4-5-15(11)20-10-14(17)9-19-7-6-18-3/h4-5,8,14,17H,6-7,9-10H2,1-3H3. The molecule has 1 atom stereocenters. The van der Waals surface area contributed by atoms with Crippen molar-refractivity contribution in [3.8, 4) is 5.75 Å². The van der Waals surface area contributed by atoms with Crippen LogP contribution >= 0.6 is 0 Å². The topological polar surface area (TPSA) is 65.0 Å². The number of ketones is 1. The molecule has 1 N–H and O–H groups in total. The van der Waals surface area contributed by atoms with Gasteiger partial charge in [0.25, 0.3) is 0 Å². The lowest BCUT2D eigenvalue weighted by molar-refractivity contribution is -0.00428. The summed E-state index contributed by atoms with van der Waals surface area (Å²) in [7, 11) is 1.59. The molecule has 1 rings (SSSR count). The number of carbonyl (C=O) groups is 1. The van der Waals surface area contributed by atoms with E-state index in [4.69, 9.17) is 14.2 Å². The number of rotatable bonds is 9. The number of aliphatic hydroxyl groups excluding tert-OH is 1. The van der Waals surface area contributed by atoms with Crippen LogP contribution in [-0.2, 0) is 9.47 Å². The first kappa shape index (κ1) is 16.6. The second kappa shape index (κ2) is 8.68. The molecular weight excluding hydrogens is 260 g/mol. The van der Waals surface area contributed by atoms with Crippen LogP contribution in [0.15, 0.2) is 18.2 Å². The SMILES string of the molecule is COCCOCC(O)COc1ccc(C(C)=O)cc1C. The Hall–Kier alpha value is -1.43. The maximum Gasteiger partial charge on any atom is 0.159 e. The summed E-state index contributed by atoms with van der Waals surface area (Å²) in [5.41, 5.74) is 1.52. The third-order valence-electron chi connectivity index (χ3n) is 2.75. The van der Waals surface area contributed by atoms with Crippen molar-refractivity contribution in [2.75, 3.05) is 33.5 Å². The van der Waals surface area contributed by atoms with E-state index in [0.717, 1.165) is 5.56 Å². The largest absolute Gasteiger partial charge is 0.491 e. The Balaban J connectivity index is 2.39. The van der Waals surface area contributed by atoms with Crippen LogP contribution in [0.25, 0.3) is 0 Å². The highest BCUT2D eigenvalue weighted by atomic mass is 16.5. The van der Waals surface area contributed by atoms with Crippen LogP contribution < -0.4 is 4.74 Å². The summed E-state index contributed by atoms with van der Waals surface area (Å²) in [4.78, 5) is 11.2. The molecule has 0 radical (unpaired) electrons. The molecule has 1 aromatic carbocycles. The van der Waals surface area contributed by atoms with Gasteiger partial charge in [0.2, 0.25) is 0 Å². The lowest BCUT2D eigenvalue weighted by Gasteiger charge is -2.14. The summed E-state index contributed by atoms with van der Waals surface area (Å²) in [6, 6.07) is 5.23. The predicted molar refractivity (Wildman–Crippen MR) is 75.4 cm³/mol. The highest BCUT2D eigenvalue weighted by Gasteiger charge is 2.08. The smallest absolute Gasteiger partial charge is 0.159 e. The van der Waals surface area contributed by atoms with Crippen LogP contribution in [0.4, 0.5) is 0 Å². The van der Waals surface area contributed by atoms with Crippen molar-refractivity contribution in [1.29, 1.82) is 0 Å². The van der Waals surface area contributed by atoms with Crippen LogP contribution in [0.1, 0.15) is 22.8 Å². The monoisotopic (exact) mass is 282 g/mol. The Morgan fingerprint density at radius 3 is 2.65 bits per heavy atom. The van der Waals surface area contributed by atoms with Gasteiger partial charge in [0.15, 0.2) is 5.78 Å². The van der Waals surface area contributed by atoms with E-state index in [9.17, 15) is 9.90 Å². The third-order valence-corrected chi connectivity index (χ3v) is 2.75. The molecular formula is C15H22O5. The van der Waals surface area contributed by atoms with E-state index >= 15 is 0 Å². The maximum absolute atomic E-state index is 11.2. The fourth-order valence-corrected chi connectivity index (χ4v) is 1.63. The minimum Gasteiger partial charge on any atom is -0.491 e. The number of Topliss-reactive ketones (excluding diaryl/α,β-unsaturated/α-hetero) is 1. The van der Waals surface area contributed by atoms with Crippen molar-refractivity contribution in [2.24, 2.45) is 0 Å². The molecule has 1 aromatic rings. The van der Waals surface area contributed by atoms with Gasteiger partial charge in [-0.3, -0.25) is 4.79 Å². The highest BCUT2D eigenvalue weighted by molar-refractivity contribution is 5.94. The maximum atomic E-state index is 11.2. The van der Waals surface area contributed by atoms with Gasteiger partial charge in [0.1, 0.15) is 18.5 Å². The lowest BCUT2D eigenvalue weighted by Crippen LogP contribution is -2.24. The molecule has 112 valence electrons. The molecule has 5 nitrogen and oxygen atoms in total. The number of hydrogen-bond donors (Lipinski definition) is 1. The summed E-state index contributed by atoms with van der Waals surface area (Å²) < 4.78 is 15.6. The third kappa shape index (κ3) is 5.69. The van der Waals surface area contributed by atoms with Crippen molar-refractivity contribution in [3.63, 3.8) is 0 Å². The number of aliphatic hydroxyl groups is 1. The lowest BCUT2D eigenvalue weighted by atomic mass is 10.1. The summed E-state index contributed by atoms with van der Waals surface area (Å²) >= 11 is 0. The van der Waals surface area contributed by atoms with Gasteiger partial charge in [0.05, 0.1) is 19.8 Å². The summed E-state index contributed by atoms with van der Waals surface area (Å²) in [6.45, 7) is 4.68. The van der Waals surface area contributed by atoms with Crippen molar-refractivity contribution in [2.45, 2.75) is 20.0 Å². The van der Waals surface area contributed by atoms with E-state index < -0.39 is 6.10 Å². The summed E-state index contributed by atoms with van der Waals surface area (Å²) in [6.07, 6.45) is -0.696. The molecule has 0 aromatic heterocycles. The number of carbonyl (C=O) groups excluding carboxylic acids is 1. The molecule has 0 fully saturated rings. The Labute approximate surface area is 119 Å². The van der Waals surface area contributed by atoms with Crippen LogP contribution in [0.3, 0.4) is 0 Å². The second-order valence-corrected chi connectivity index (χ2v) is 4.57. The molecule has 5 heteroatoms. The zero-order chi connectivity index (χ0) is 15.0. The Morgan fingerprint density at radius 1 is 1.30 bits per heavy atom. The van der Waals surface area contributed by atoms with Gasteiger partial charge < -0.3 is 19.3 Å². The van der Waals surface area contributed by atoms with Gasteiger partial charge in [-0.1, -0.05) is 0 Å². The zero-order valence-corrected chi connectivity index (χ0v) is 12.2. The van der Waals surface area contributed by atoms with Gasteiger partial charge in [-0.15, -0.1) is 0 Å². The summed E-state index contributed by atoms with van der Waals surface area (Å²) in [5, 5.41) is 9.70. The highest BCUT2D eigenvalue weighted by Crippen LogP contribution is 2.19. The minimum atomic E-state index is -0.696. The fraction of sp³-hybridized carbons (Fsp3) is 0.533. The Bertz CT molecular complexity index is 430. The number of ether oxygens (including phenoxy) is 3. The number of hydrogen-bond acceptors (Lipinski definition) is 5. The number of benzene rings is 1. The average molecular weight is 282 g/mol. The van der Waals surface area contributed by atoms with Crippen LogP contribution in [0, 0.1) is 6.92 Å². The van der Waals surface area contributed by atoms with E-state index in [1.807, 2.05) is 6.92 Å². The first-order chi connectivity index (χ1) is 9.54. The molecule has 0 bridgehead atoms. The molecule has 0 aliphatic heterocycles. The van der Waals surface area contributed by atoms with Gasteiger partial charge in [-0.2, -0.15) is 0 Å². The first-order valence-electron chi connectivity index (χ1n) is 6.53. The van der Waals surface area contributed by atoms with Crippen molar-refractivity contribution in [1.82, 2.24) is 0 Å². The van der Waals surface area contributed by atoms with E-state index in [2.05, 4.69) is 0 Å². The van der Waals surface area contributed by atoms with E-state index in [1.165, 1.54) is 6.92 Å². The predicted octanol–water partition coefficient (Wildman–Crippen LogP) is 1.60. The molecule has 0 aliphatic carbocycles. The molecule has 0 aliphatic rings. The first-order valence-corrected chi connectivity index (χ1v) is 6.53. The van der Waals surface area contributed by atoms with Gasteiger partial charge >= 0.3 is 0 Å². The molecule has 20 heavy (non-hydrogen) atoms. The van der Waals surface area contributed by atoms with Crippen molar-refractivity contribution < 1.29 is 24.1 Å². The van der Waals surface area contributed by atoms with Gasteiger partial charge in [0, 0.05) is 12.7 Å². The van der Waals surface area contributed by atoms with Crippen LogP contribution in [-0.4, -0.2) is 50.5 Å². The van der Waals surface area contributed by atoms with Gasteiger partial charge in [-0.05, 0) is 37.6 Å². The molecule has 1 unspecified atom stereocenters. The van der Waals surface area contributed by atoms with Crippen LogP contribution in [0.5, 0.6) is 5.75 Å². The summed E-state index contributed by atoms with van der Waals surface area (Å²) in [5.74, 6) is 0.678. The Morgan fingerprint density at radius 2 is 2.05 bits per heavy atom. The van der Waals surface area contributed by atoms with Crippen LogP contribution in [0.2, 0.25) is 0 Å². The van der Waals surface area contributed by atoms with Gasteiger partial charge in [-0.25, -0.2) is 0 Å².